The second-order valence-corrected chi connectivity index (χ2v) is 4.63. The van der Waals surface area contributed by atoms with Crippen molar-refractivity contribution in [1.29, 1.82) is 0 Å². The van der Waals surface area contributed by atoms with Crippen LogP contribution in [-0.2, 0) is 4.79 Å². The number of ether oxygens (including phenoxy) is 1. The first-order valence-electron chi connectivity index (χ1n) is 6.37. The number of aromatic carboxylic acids is 1. The van der Waals surface area contributed by atoms with E-state index < -0.39 is 5.97 Å². The van der Waals surface area contributed by atoms with Gasteiger partial charge in [-0.15, -0.1) is 0 Å². The molecular weight excluding hydrogens is 272 g/mol. The Kier molecular flexibility index (Phi) is 3.27. The molecule has 0 radical (unpaired) electrons. The quantitative estimate of drug-likeness (QED) is 0.898. The molecule has 21 heavy (non-hydrogen) atoms. The molecule has 6 heteroatoms. The molecule has 1 atom stereocenters. The Morgan fingerprint density at radius 3 is 2.76 bits per heavy atom. The minimum atomic E-state index is -1.11. The standard InChI is InChI=1S/C15H12N2O4/c18-14(11-8-21-13-4-2-1-3-10(11)13)17-9-5-6-12(15(19)20)16-7-9/h1-7,11H,8H2,(H,17,18)(H,19,20). The van der Waals surface area contributed by atoms with E-state index in [1.807, 2.05) is 24.3 Å². The van der Waals surface area contributed by atoms with Gasteiger partial charge in [-0.1, -0.05) is 18.2 Å². The number of amides is 1. The van der Waals surface area contributed by atoms with Gasteiger partial charge in [-0.05, 0) is 18.2 Å². The van der Waals surface area contributed by atoms with Gasteiger partial charge < -0.3 is 15.2 Å². The van der Waals surface area contributed by atoms with Gasteiger partial charge in [-0.2, -0.15) is 0 Å². The Morgan fingerprint density at radius 1 is 1.24 bits per heavy atom. The van der Waals surface area contributed by atoms with E-state index in [-0.39, 0.29) is 17.5 Å². The number of carbonyl (C=O) groups excluding carboxylic acids is 1. The Labute approximate surface area is 120 Å². The number of carboxylic acids is 1. The molecule has 1 unspecified atom stereocenters. The average molecular weight is 284 g/mol. The third-order valence-electron chi connectivity index (χ3n) is 3.27. The zero-order valence-corrected chi connectivity index (χ0v) is 10.9. The number of carboxylic acid groups (broad SMARTS) is 1. The molecule has 1 amide bonds. The summed E-state index contributed by atoms with van der Waals surface area (Å²) >= 11 is 0. The van der Waals surface area contributed by atoms with Gasteiger partial charge >= 0.3 is 5.97 Å². The van der Waals surface area contributed by atoms with Gasteiger partial charge in [0.15, 0.2) is 0 Å². The Morgan fingerprint density at radius 2 is 2.05 bits per heavy atom. The van der Waals surface area contributed by atoms with E-state index in [0.29, 0.717) is 12.3 Å². The van der Waals surface area contributed by atoms with Crippen LogP contribution in [0.4, 0.5) is 5.69 Å². The average Bonchev–Trinajstić information content (AvgIpc) is 2.92. The maximum Gasteiger partial charge on any atom is 0.354 e. The summed E-state index contributed by atoms with van der Waals surface area (Å²) < 4.78 is 5.47. The summed E-state index contributed by atoms with van der Waals surface area (Å²) in [6.07, 6.45) is 1.32. The molecule has 0 bridgehead atoms. The zero-order chi connectivity index (χ0) is 14.8. The monoisotopic (exact) mass is 284 g/mol. The second kappa shape index (κ2) is 5.24. The molecule has 0 saturated heterocycles. The fourth-order valence-corrected chi connectivity index (χ4v) is 2.20. The van der Waals surface area contributed by atoms with Crippen LogP contribution >= 0.6 is 0 Å². The molecule has 6 nitrogen and oxygen atoms in total. The predicted octanol–water partition coefficient (Wildman–Crippen LogP) is 1.89. The van der Waals surface area contributed by atoms with Crippen LogP contribution in [0.15, 0.2) is 42.6 Å². The molecule has 2 aromatic rings. The number of rotatable bonds is 3. The maximum absolute atomic E-state index is 12.3. The summed E-state index contributed by atoms with van der Waals surface area (Å²) in [6.45, 7) is 0.297. The van der Waals surface area contributed by atoms with Crippen molar-refractivity contribution in [1.82, 2.24) is 4.98 Å². The minimum Gasteiger partial charge on any atom is -0.492 e. The van der Waals surface area contributed by atoms with E-state index in [2.05, 4.69) is 10.3 Å². The highest BCUT2D eigenvalue weighted by atomic mass is 16.5. The maximum atomic E-state index is 12.3. The summed E-state index contributed by atoms with van der Waals surface area (Å²) in [4.78, 5) is 26.7. The molecule has 1 aliphatic rings. The first kappa shape index (κ1) is 13.1. The summed E-state index contributed by atoms with van der Waals surface area (Å²) in [5, 5.41) is 11.5. The largest absolute Gasteiger partial charge is 0.492 e. The van der Waals surface area contributed by atoms with Crippen molar-refractivity contribution in [2.45, 2.75) is 5.92 Å². The highest BCUT2D eigenvalue weighted by Gasteiger charge is 2.30. The molecule has 2 N–H and O–H groups in total. The highest BCUT2D eigenvalue weighted by molar-refractivity contribution is 5.97. The molecule has 1 aromatic heterocycles. The van der Waals surface area contributed by atoms with Gasteiger partial charge in [0.25, 0.3) is 0 Å². The number of nitrogens with one attached hydrogen (secondary N) is 1. The number of fused-ring (bicyclic) bond motifs is 1. The van der Waals surface area contributed by atoms with Gasteiger partial charge in [0, 0.05) is 5.56 Å². The van der Waals surface area contributed by atoms with Gasteiger partial charge in [-0.25, -0.2) is 9.78 Å². The van der Waals surface area contributed by atoms with Gasteiger partial charge in [-0.3, -0.25) is 4.79 Å². The highest BCUT2D eigenvalue weighted by Crippen LogP contribution is 2.34. The molecule has 1 aliphatic heterocycles. The summed E-state index contributed by atoms with van der Waals surface area (Å²) in [7, 11) is 0. The van der Waals surface area contributed by atoms with Crippen LogP contribution in [0.1, 0.15) is 22.0 Å². The zero-order valence-electron chi connectivity index (χ0n) is 10.9. The molecule has 106 valence electrons. The number of aromatic nitrogens is 1. The van der Waals surface area contributed by atoms with Crippen molar-refractivity contribution in [3.05, 3.63) is 53.9 Å². The third kappa shape index (κ3) is 2.55. The van der Waals surface area contributed by atoms with Crippen molar-refractivity contribution in [2.24, 2.45) is 0 Å². The molecule has 1 aromatic carbocycles. The molecular formula is C15H12N2O4. The summed E-state index contributed by atoms with van der Waals surface area (Å²) in [5.74, 6) is -0.965. The van der Waals surface area contributed by atoms with Crippen LogP contribution in [-0.4, -0.2) is 28.6 Å². The Hall–Kier alpha value is -2.89. The molecule has 3 rings (SSSR count). The number of hydrogen-bond donors (Lipinski definition) is 2. The Bertz CT molecular complexity index is 697. The van der Waals surface area contributed by atoms with E-state index in [1.165, 1.54) is 18.3 Å². The molecule has 0 spiro atoms. The number of anilines is 1. The number of para-hydroxylation sites is 1. The van der Waals surface area contributed by atoms with Crippen molar-refractivity contribution in [2.75, 3.05) is 11.9 Å². The van der Waals surface area contributed by atoms with Gasteiger partial charge in [0.05, 0.1) is 11.9 Å². The second-order valence-electron chi connectivity index (χ2n) is 4.63. The number of carbonyl (C=O) groups is 2. The lowest BCUT2D eigenvalue weighted by molar-refractivity contribution is -0.117. The number of nitrogens with zero attached hydrogens (tertiary/aromatic N) is 1. The molecule has 0 saturated carbocycles. The van der Waals surface area contributed by atoms with E-state index >= 15 is 0 Å². The smallest absolute Gasteiger partial charge is 0.354 e. The van der Waals surface area contributed by atoms with E-state index in [1.54, 1.807) is 0 Å². The van der Waals surface area contributed by atoms with Crippen LogP contribution < -0.4 is 10.1 Å². The number of benzene rings is 1. The fourth-order valence-electron chi connectivity index (χ4n) is 2.20. The third-order valence-corrected chi connectivity index (χ3v) is 3.27. The van der Waals surface area contributed by atoms with Gasteiger partial charge in [0.1, 0.15) is 24.0 Å². The number of pyridine rings is 1. The SMILES string of the molecule is O=C(O)c1ccc(NC(=O)C2COc3ccccc32)cn1. The van der Waals surface area contributed by atoms with E-state index in [4.69, 9.17) is 9.84 Å². The predicted molar refractivity (Wildman–Crippen MR) is 74.5 cm³/mol. The van der Waals surface area contributed by atoms with Crippen LogP contribution in [0.3, 0.4) is 0 Å². The topological polar surface area (TPSA) is 88.5 Å². The lowest BCUT2D eigenvalue weighted by atomic mass is 10.0. The van der Waals surface area contributed by atoms with Gasteiger partial charge in [0.2, 0.25) is 5.91 Å². The van der Waals surface area contributed by atoms with Crippen LogP contribution in [0.25, 0.3) is 0 Å². The van der Waals surface area contributed by atoms with Crippen molar-refractivity contribution in [3.63, 3.8) is 0 Å². The lowest BCUT2D eigenvalue weighted by Crippen LogP contribution is -2.22. The molecule has 2 heterocycles. The van der Waals surface area contributed by atoms with Crippen LogP contribution in [0.5, 0.6) is 5.75 Å². The lowest BCUT2D eigenvalue weighted by Gasteiger charge is -2.10. The van der Waals surface area contributed by atoms with Crippen molar-refractivity contribution in [3.8, 4) is 5.75 Å². The summed E-state index contributed by atoms with van der Waals surface area (Å²) in [6, 6.07) is 10.3. The molecule has 0 aliphatic carbocycles. The number of hydrogen-bond acceptors (Lipinski definition) is 4. The van der Waals surface area contributed by atoms with E-state index in [9.17, 15) is 9.59 Å². The first-order valence-corrected chi connectivity index (χ1v) is 6.37. The fraction of sp³-hybridized carbons (Fsp3) is 0.133. The van der Waals surface area contributed by atoms with Crippen molar-refractivity contribution < 1.29 is 19.4 Å². The van der Waals surface area contributed by atoms with Crippen molar-refractivity contribution >= 4 is 17.6 Å². The first-order chi connectivity index (χ1) is 10.1. The summed E-state index contributed by atoms with van der Waals surface area (Å²) in [5.41, 5.74) is 1.24. The van der Waals surface area contributed by atoms with Crippen LogP contribution in [0, 0.1) is 0 Å². The molecule has 0 fully saturated rings. The van der Waals surface area contributed by atoms with Crippen LogP contribution in [0.2, 0.25) is 0 Å². The van der Waals surface area contributed by atoms with E-state index in [0.717, 1.165) is 11.3 Å². The Balaban J connectivity index is 1.74. The normalized spacial score (nSPS) is 15.9. The minimum absolute atomic E-state index is 0.0671.